The molecule has 0 amide bonds. The van der Waals surface area contributed by atoms with Crippen LogP contribution in [0.3, 0.4) is 0 Å². The third kappa shape index (κ3) is 3.18. The zero-order valence-electron chi connectivity index (χ0n) is 7.24. The lowest BCUT2D eigenvalue weighted by molar-refractivity contribution is -0.135. The molecule has 1 aromatic rings. The maximum absolute atomic E-state index is 11.0. The Bertz CT molecular complexity index is 292. The van der Waals surface area contributed by atoms with Crippen molar-refractivity contribution in [2.75, 3.05) is 0 Å². The Morgan fingerprint density at radius 2 is 2.07 bits per heavy atom. The van der Waals surface area contributed by atoms with Crippen molar-refractivity contribution in [2.45, 2.75) is 12.5 Å². The Morgan fingerprint density at radius 3 is 2.57 bits per heavy atom. The summed E-state index contributed by atoms with van der Waals surface area (Å²) < 4.78 is 4.06. The number of nitrogens with one attached hydrogen (secondary N) is 1. The Labute approximate surface area is 92.2 Å². The van der Waals surface area contributed by atoms with Crippen molar-refractivity contribution in [1.82, 2.24) is 4.84 Å². The van der Waals surface area contributed by atoms with E-state index in [1.54, 1.807) is 0 Å². The number of benzene rings is 1. The van der Waals surface area contributed by atoms with Gasteiger partial charge in [-0.1, -0.05) is 30.3 Å². The van der Waals surface area contributed by atoms with Gasteiger partial charge >= 0.3 is 5.97 Å². The first-order valence-corrected chi connectivity index (χ1v) is 4.69. The third-order valence-corrected chi connectivity index (χ3v) is 2.19. The average molecular weight is 234 g/mol. The van der Waals surface area contributed by atoms with Crippen molar-refractivity contribution >= 4 is 29.6 Å². The van der Waals surface area contributed by atoms with Gasteiger partial charge in [0.05, 0.1) is 0 Å². The molecule has 0 radical (unpaired) electrons. The lowest BCUT2D eigenvalue weighted by Gasteiger charge is -2.10. The lowest BCUT2D eigenvalue weighted by atomic mass is 10.1. The molecule has 0 fully saturated rings. The number of hydrogen-bond donors (Lipinski definition) is 1. The summed E-state index contributed by atoms with van der Waals surface area (Å²) >= 11 is 10.3. The predicted octanol–water partition coefficient (Wildman–Crippen LogP) is 2.04. The molecule has 1 atom stereocenters. The summed E-state index contributed by atoms with van der Waals surface area (Å²) in [5.41, 5.74) is 0.979. The van der Waals surface area contributed by atoms with Gasteiger partial charge in [0.15, 0.2) is 0 Å². The monoisotopic (exact) mass is 233 g/mol. The van der Waals surface area contributed by atoms with Crippen LogP contribution in [0, 0.1) is 0 Å². The van der Waals surface area contributed by atoms with Crippen molar-refractivity contribution in [3.63, 3.8) is 0 Å². The predicted molar refractivity (Wildman–Crippen MR) is 54.9 cm³/mol. The quantitative estimate of drug-likeness (QED) is 0.810. The Balaban J connectivity index is 2.62. The summed E-state index contributed by atoms with van der Waals surface area (Å²) in [7, 11) is 0. The summed E-state index contributed by atoms with van der Waals surface area (Å²) in [6.07, 6.45) is 0.440. The second kappa shape index (κ2) is 5.86. The summed E-state index contributed by atoms with van der Waals surface area (Å²) in [6, 6.07) is 8.81. The van der Waals surface area contributed by atoms with Crippen LogP contribution in [0.25, 0.3) is 0 Å². The Kier molecular flexibility index (Phi) is 4.73. The molecule has 0 aromatic heterocycles. The summed E-state index contributed by atoms with van der Waals surface area (Å²) in [5, 5.41) is 0. The fourth-order valence-electron chi connectivity index (χ4n) is 1.07. The SMILES string of the molecule is O=C(OCl)[C@H](Cc1ccccc1)NCl. The van der Waals surface area contributed by atoms with Crippen molar-refractivity contribution in [2.24, 2.45) is 0 Å². The van der Waals surface area contributed by atoms with E-state index in [1.165, 1.54) is 0 Å². The van der Waals surface area contributed by atoms with E-state index in [2.05, 4.69) is 9.13 Å². The first-order valence-electron chi connectivity index (χ1n) is 4.00. The van der Waals surface area contributed by atoms with E-state index >= 15 is 0 Å². The second-order valence-electron chi connectivity index (χ2n) is 2.75. The molecule has 0 bridgehead atoms. The van der Waals surface area contributed by atoms with E-state index in [4.69, 9.17) is 23.6 Å². The minimum atomic E-state index is -0.628. The highest BCUT2D eigenvalue weighted by atomic mass is 35.5. The summed E-state index contributed by atoms with van der Waals surface area (Å²) in [4.78, 5) is 13.4. The van der Waals surface area contributed by atoms with Gasteiger partial charge in [-0.2, -0.15) is 0 Å². The molecule has 0 aliphatic heterocycles. The van der Waals surface area contributed by atoms with Gasteiger partial charge in [0.25, 0.3) is 0 Å². The van der Waals surface area contributed by atoms with Gasteiger partial charge in [0, 0.05) is 0 Å². The molecule has 0 aliphatic carbocycles. The van der Waals surface area contributed by atoms with Crippen LogP contribution in [0.4, 0.5) is 0 Å². The summed E-state index contributed by atoms with van der Waals surface area (Å²) in [5.74, 6) is -0.592. The highest BCUT2D eigenvalue weighted by Crippen LogP contribution is 2.05. The van der Waals surface area contributed by atoms with Crippen LogP contribution in [0.15, 0.2) is 30.3 Å². The molecular weight excluding hydrogens is 225 g/mol. The van der Waals surface area contributed by atoms with Crippen LogP contribution in [0.1, 0.15) is 5.56 Å². The van der Waals surface area contributed by atoms with Gasteiger partial charge in [-0.05, 0) is 23.8 Å². The molecule has 76 valence electrons. The van der Waals surface area contributed by atoms with Crippen molar-refractivity contribution in [3.05, 3.63) is 35.9 Å². The van der Waals surface area contributed by atoms with Crippen LogP contribution < -0.4 is 4.84 Å². The van der Waals surface area contributed by atoms with E-state index in [1.807, 2.05) is 30.3 Å². The first kappa shape index (κ1) is 11.3. The van der Waals surface area contributed by atoms with Gasteiger partial charge in [0.2, 0.25) is 0 Å². The number of hydrogen-bond acceptors (Lipinski definition) is 3. The summed E-state index contributed by atoms with van der Waals surface area (Å²) in [6.45, 7) is 0. The molecule has 0 spiro atoms. The highest BCUT2D eigenvalue weighted by molar-refractivity contribution is 6.17. The van der Waals surface area contributed by atoms with E-state index in [-0.39, 0.29) is 0 Å². The molecule has 0 saturated carbocycles. The first-order chi connectivity index (χ1) is 6.77. The number of rotatable bonds is 4. The van der Waals surface area contributed by atoms with Gasteiger partial charge in [-0.25, -0.2) is 9.63 Å². The van der Waals surface area contributed by atoms with Crippen molar-refractivity contribution in [1.29, 1.82) is 0 Å². The maximum atomic E-state index is 11.0. The second-order valence-corrected chi connectivity index (χ2v) is 3.12. The van der Waals surface area contributed by atoms with Gasteiger partial charge < -0.3 is 4.29 Å². The minimum absolute atomic E-state index is 0.440. The van der Waals surface area contributed by atoms with Gasteiger partial charge in [-0.3, -0.25) is 0 Å². The van der Waals surface area contributed by atoms with Crippen LogP contribution >= 0.6 is 23.6 Å². The Hall–Kier alpha value is -0.770. The molecule has 1 aromatic carbocycles. The minimum Gasteiger partial charge on any atom is -0.346 e. The van der Waals surface area contributed by atoms with E-state index in [9.17, 15) is 4.79 Å². The normalized spacial score (nSPS) is 12.1. The molecule has 1 rings (SSSR count). The molecule has 0 aliphatic rings. The van der Waals surface area contributed by atoms with E-state index in [0.717, 1.165) is 5.56 Å². The molecule has 5 heteroatoms. The zero-order valence-corrected chi connectivity index (χ0v) is 8.76. The van der Waals surface area contributed by atoms with Gasteiger partial charge in [0.1, 0.15) is 17.9 Å². The van der Waals surface area contributed by atoms with E-state index < -0.39 is 12.0 Å². The molecule has 0 saturated heterocycles. The van der Waals surface area contributed by atoms with Crippen LogP contribution in [0.2, 0.25) is 0 Å². The maximum Gasteiger partial charge on any atom is 0.343 e. The zero-order chi connectivity index (χ0) is 10.4. The molecule has 1 N–H and O–H groups in total. The molecule has 0 unspecified atom stereocenters. The molecule has 3 nitrogen and oxygen atoms in total. The Morgan fingerprint density at radius 1 is 1.43 bits per heavy atom. The largest absolute Gasteiger partial charge is 0.346 e. The average Bonchev–Trinajstić information content (AvgIpc) is 2.26. The van der Waals surface area contributed by atoms with Gasteiger partial charge in [-0.15, -0.1) is 0 Å². The topological polar surface area (TPSA) is 38.3 Å². The van der Waals surface area contributed by atoms with Crippen molar-refractivity contribution < 1.29 is 9.08 Å². The van der Waals surface area contributed by atoms with E-state index in [0.29, 0.717) is 6.42 Å². The van der Waals surface area contributed by atoms with Crippen LogP contribution in [0.5, 0.6) is 0 Å². The van der Waals surface area contributed by atoms with Crippen LogP contribution in [-0.4, -0.2) is 12.0 Å². The van der Waals surface area contributed by atoms with Crippen molar-refractivity contribution in [3.8, 4) is 0 Å². The van der Waals surface area contributed by atoms with Crippen LogP contribution in [-0.2, 0) is 15.5 Å². The highest BCUT2D eigenvalue weighted by Gasteiger charge is 2.18. The fourth-order valence-corrected chi connectivity index (χ4v) is 1.34. The molecule has 0 heterocycles. The standard InChI is InChI=1S/C9H9Cl2NO2/c10-12-8(9(13)14-11)6-7-4-2-1-3-5-7/h1-5,8,12H,6H2/t8-/m0/s1. The number of carbonyl (C=O) groups is 1. The molecular formula is C9H9Cl2NO2. The smallest absolute Gasteiger partial charge is 0.343 e. The number of halogens is 2. The fraction of sp³-hybridized carbons (Fsp3) is 0.222. The molecule has 14 heavy (non-hydrogen) atoms. The third-order valence-electron chi connectivity index (χ3n) is 1.77. The number of carbonyl (C=O) groups excluding carboxylic acids is 1. The lowest BCUT2D eigenvalue weighted by Crippen LogP contribution is -2.33.